The topological polar surface area (TPSA) is 80.6 Å². The van der Waals surface area contributed by atoms with Crippen molar-refractivity contribution in [2.24, 2.45) is 0 Å². The summed E-state index contributed by atoms with van der Waals surface area (Å²) in [5.41, 5.74) is 3.27. The fraction of sp³-hybridized carbons (Fsp3) is 0.241. The fourth-order valence-corrected chi connectivity index (χ4v) is 3.55. The van der Waals surface area contributed by atoms with E-state index in [1.54, 1.807) is 36.4 Å². The zero-order chi connectivity index (χ0) is 26.1. The van der Waals surface area contributed by atoms with Gasteiger partial charge in [0.25, 0.3) is 5.91 Å². The van der Waals surface area contributed by atoms with Crippen LogP contribution in [0.2, 0.25) is 5.02 Å². The Bertz CT molecular complexity index is 1260. The molecule has 0 saturated heterocycles. The number of anilines is 1. The number of benzene rings is 3. The largest absolute Gasteiger partial charge is 0.490 e. The van der Waals surface area contributed by atoms with E-state index in [0.29, 0.717) is 46.7 Å². The number of hydrogen-bond donors (Lipinski definition) is 1. The number of aryl methyl sites for hydroxylation is 1. The Kier molecular flexibility index (Phi) is 9.38. The lowest BCUT2D eigenvalue weighted by atomic mass is 10.1. The first kappa shape index (κ1) is 26.7. The summed E-state index contributed by atoms with van der Waals surface area (Å²) in [4.78, 5) is 12.8. The van der Waals surface area contributed by atoms with Gasteiger partial charge < -0.3 is 19.5 Å². The highest BCUT2D eigenvalue weighted by atomic mass is 35.5. The molecule has 36 heavy (non-hydrogen) atoms. The molecule has 1 amide bonds. The van der Waals surface area contributed by atoms with Gasteiger partial charge in [0.05, 0.1) is 17.7 Å². The molecule has 186 valence electrons. The fourth-order valence-electron chi connectivity index (χ4n) is 3.28. The molecule has 0 fully saturated rings. The number of carbonyl (C=O) groups is 1. The van der Waals surface area contributed by atoms with E-state index in [1.807, 2.05) is 58.0 Å². The van der Waals surface area contributed by atoms with E-state index in [0.717, 1.165) is 5.56 Å². The van der Waals surface area contributed by atoms with E-state index in [1.165, 1.54) is 11.6 Å². The number of carbonyl (C=O) groups excluding carboxylic acids is 1. The van der Waals surface area contributed by atoms with Gasteiger partial charge in [-0.2, -0.15) is 5.26 Å². The molecule has 0 heterocycles. The van der Waals surface area contributed by atoms with Crippen LogP contribution in [-0.4, -0.2) is 18.6 Å². The second-order valence-electron chi connectivity index (χ2n) is 8.35. The second-order valence-corrected chi connectivity index (χ2v) is 8.76. The Balaban J connectivity index is 1.70. The maximum absolute atomic E-state index is 12.8. The van der Waals surface area contributed by atoms with Crippen LogP contribution in [0, 0.1) is 18.3 Å². The Morgan fingerprint density at radius 2 is 1.78 bits per heavy atom. The Morgan fingerprint density at radius 1 is 1.08 bits per heavy atom. The highest BCUT2D eigenvalue weighted by molar-refractivity contribution is 6.32. The molecule has 0 unspecified atom stereocenters. The summed E-state index contributed by atoms with van der Waals surface area (Å²) < 4.78 is 17.2. The van der Waals surface area contributed by atoms with Gasteiger partial charge in [0.1, 0.15) is 24.0 Å². The quantitative estimate of drug-likeness (QED) is 0.238. The van der Waals surface area contributed by atoms with E-state index in [-0.39, 0.29) is 11.7 Å². The first-order valence-corrected chi connectivity index (χ1v) is 12.0. The van der Waals surface area contributed by atoms with Crippen LogP contribution in [-0.2, 0) is 11.4 Å². The molecule has 3 aromatic rings. The zero-order valence-corrected chi connectivity index (χ0v) is 21.6. The van der Waals surface area contributed by atoms with E-state index in [2.05, 4.69) is 5.32 Å². The number of nitrogens with one attached hydrogen (secondary N) is 1. The summed E-state index contributed by atoms with van der Waals surface area (Å²) in [6.07, 6.45) is 1.37. The molecule has 0 aliphatic carbocycles. The minimum Gasteiger partial charge on any atom is -0.490 e. The minimum absolute atomic E-state index is 0.0780. The van der Waals surface area contributed by atoms with Crippen LogP contribution in [0.5, 0.6) is 17.2 Å². The van der Waals surface area contributed by atoms with E-state index < -0.39 is 5.91 Å². The molecule has 0 aliphatic heterocycles. The van der Waals surface area contributed by atoms with Gasteiger partial charge in [-0.05, 0) is 81.3 Å². The van der Waals surface area contributed by atoms with Crippen molar-refractivity contribution in [3.8, 4) is 23.3 Å². The summed E-state index contributed by atoms with van der Waals surface area (Å²) in [6, 6.07) is 20.4. The molecule has 3 aromatic carbocycles. The molecule has 3 rings (SSSR count). The molecule has 0 bridgehead atoms. The highest BCUT2D eigenvalue weighted by Gasteiger charge is 2.15. The third-order valence-corrected chi connectivity index (χ3v) is 5.28. The van der Waals surface area contributed by atoms with Gasteiger partial charge in [-0.1, -0.05) is 41.4 Å². The molecule has 0 spiro atoms. The third kappa shape index (κ3) is 7.53. The van der Waals surface area contributed by atoms with Crippen LogP contribution in [0.3, 0.4) is 0 Å². The summed E-state index contributed by atoms with van der Waals surface area (Å²) >= 11 is 6.41. The summed E-state index contributed by atoms with van der Waals surface area (Å²) in [5, 5.41) is 12.7. The van der Waals surface area contributed by atoms with Gasteiger partial charge >= 0.3 is 0 Å². The zero-order valence-electron chi connectivity index (χ0n) is 20.8. The van der Waals surface area contributed by atoms with Crippen molar-refractivity contribution in [2.75, 3.05) is 11.9 Å². The number of hydrogen-bond acceptors (Lipinski definition) is 5. The van der Waals surface area contributed by atoms with Crippen molar-refractivity contribution in [3.63, 3.8) is 0 Å². The predicted molar refractivity (Wildman–Crippen MR) is 143 cm³/mol. The Morgan fingerprint density at radius 3 is 2.39 bits per heavy atom. The maximum Gasteiger partial charge on any atom is 0.266 e. The van der Waals surface area contributed by atoms with Crippen LogP contribution in [0.4, 0.5) is 5.69 Å². The average Bonchev–Trinajstić information content (AvgIpc) is 2.85. The van der Waals surface area contributed by atoms with Crippen LogP contribution in [0.15, 0.2) is 66.2 Å². The van der Waals surface area contributed by atoms with E-state index >= 15 is 0 Å². The smallest absolute Gasteiger partial charge is 0.266 e. The van der Waals surface area contributed by atoms with E-state index in [4.69, 9.17) is 25.8 Å². The number of nitriles is 1. The molecular weight excluding hydrogens is 476 g/mol. The molecule has 6 nitrogen and oxygen atoms in total. The summed E-state index contributed by atoms with van der Waals surface area (Å²) in [7, 11) is 0. The molecule has 0 radical (unpaired) electrons. The molecule has 0 saturated carbocycles. The van der Waals surface area contributed by atoms with Crippen molar-refractivity contribution >= 4 is 29.3 Å². The normalized spacial score (nSPS) is 11.1. The van der Waals surface area contributed by atoms with Gasteiger partial charge in [-0.3, -0.25) is 4.79 Å². The lowest BCUT2D eigenvalue weighted by molar-refractivity contribution is -0.112. The first-order chi connectivity index (χ1) is 17.3. The molecule has 0 atom stereocenters. The lowest BCUT2D eigenvalue weighted by Gasteiger charge is -2.16. The highest BCUT2D eigenvalue weighted by Crippen LogP contribution is 2.38. The molecule has 1 N–H and O–H groups in total. The first-order valence-electron chi connectivity index (χ1n) is 11.6. The van der Waals surface area contributed by atoms with Crippen LogP contribution < -0.4 is 19.5 Å². The molecule has 7 heteroatoms. The standard InChI is InChI=1S/C29H29ClN2O4/c1-5-34-27-16-22(15-26(30)28(27)36-19(2)3)14-23(17-31)29(33)32-24-10-12-25(13-11-24)35-18-21-8-6-20(4)7-9-21/h6-16,19H,5,18H2,1-4H3,(H,32,33)/b23-14+. The van der Waals surface area contributed by atoms with E-state index in [9.17, 15) is 10.1 Å². The van der Waals surface area contributed by atoms with Crippen LogP contribution >= 0.6 is 11.6 Å². The molecule has 0 aliphatic rings. The predicted octanol–water partition coefficient (Wildman–Crippen LogP) is 6.96. The van der Waals surface area contributed by atoms with Crippen molar-refractivity contribution in [2.45, 2.75) is 40.4 Å². The van der Waals surface area contributed by atoms with Crippen molar-refractivity contribution in [3.05, 3.63) is 87.9 Å². The lowest BCUT2D eigenvalue weighted by Crippen LogP contribution is -2.13. The summed E-state index contributed by atoms with van der Waals surface area (Å²) in [5.74, 6) is 1.01. The van der Waals surface area contributed by atoms with Crippen LogP contribution in [0.1, 0.15) is 37.5 Å². The minimum atomic E-state index is -0.539. The number of nitrogens with zero attached hydrogens (tertiary/aromatic N) is 1. The van der Waals surface area contributed by atoms with Crippen molar-refractivity contribution in [1.82, 2.24) is 0 Å². The number of halogens is 1. The monoisotopic (exact) mass is 504 g/mol. The second kappa shape index (κ2) is 12.7. The number of amides is 1. The van der Waals surface area contributed by atoms with Gasteiger partial charge in [0.2, 0.25) is 0 Å². The van der Waals surface area contributed by atoms with Gasteiger partial charge in [-0.25, -0.2) is 0 Å². The Labute approximate surface area is 217 Å². The van der Waals surface area contributed by atoms with Gasteiger partial charge in [0.15, 0.2) is 11.5 Å². The summed E-state index contributed by atoms with van der Waals surface area (Å²) in [6.45, 7) is 8.52. The SMILES string of the molecule is CCOc1cc(/C=C(\C#N)C(=O)Nc2ccc(OCc3ccc(C)cc3)cc2)cc(Cl)c1OC(C)C. The van der Waals surface area contributed by atoms with Crippen molar-refractivity contribution in [1.29, 1.82) is 5.26 Å². The van der Waals surface area contributed by atoms with Crippen molar-refractivity contribution < 1.29 is 19.0 Å². The third-order valence-electron chi connectivity index (χ3n) is 5.00. The maximum atomic E-state index is 12.8. The number of rotatable bonds is 10. The molecular formula is C29H29ClN2O4. The van der Waals surface area contributed by atoms with Gasteiger partial charge in [-0.15, -0.1) is 0 Å². The van der Waals surface area contributed by atoms with Gasteiger partial charge in [0, 0.05) is 5.69 Å². The average molecular weight is 505 g/mol. The number of ether oxygens (including phenoxy) is 3. The van der Waals surface area contributed by atoms with Crippen LogP contribution in [0.25, 0.3) is 6.08 Å². The Hall–Kier alpha value is -3.95. The molecule has 0 aromatic heterocycles.